The first kappa shape index (κ1) is 20.3. The van der Waals surface area contributed by atoms with E-state index in [1.807, 2.05) is 0 Å². The van der Waals surface area contributed by atoms with Crippen molar-refractivity contribution in [1.29, 1.82) is 0 Å². The van der Waals surface area contributed by atoms with Crippen LogP contribution in [0.25, 0.3) is 0 Å². The molecule has 2 aliphatic heterocycles. The Bertz CT molecular complexity index is 1060. The molecule has 0 bridgehead atoms. The maximum absolute atomic E-state index is 13.2. The van der Waals surface area contributed by atoms with Crippen molar-refractivity contribution in [3.63, 3.8) is 0 Å². The third-order valence-corrected chi connectivity index (χ3v) is 6.70. The lowest BCUT2D eigenvalue weighted by Crippen LogP contribution is -2.54. The molecule has 1 aromatic heterocycles. The molecule has 5 rings (SSSR count). The van der Waals surface area contributed by atoms with Crippen LogP contribution in [0.1, 0.15) is 48.7 Å². The summed E-state index contributed by atoms with van der Waals surface area (Å²) >= 11 is 0. The van der Waals surface area contributed by atoms with Crippen LogP contribution in [0.5, 0.6) is 0 Å². The quantitative estimate of drug-likeness (QED) is 0.690. The first-order chi connectivity index (χ1) is 14.7. The lowest BCUT2D eigenvalue weighted by Gasteiger charge is -2.37. The summed E-state index contributed by atoms with van der Waals surface area (Å²) < 4.78 is 54.5. The molecule has 1 saturated heterocycles. The Kier molecular flexibility index (Phi) is 4.53. The summed E-state index contributed by atoms with van der Waals surface area (Å²) in [5.41, 5.74) is -0.759. The van der Waals surface area contributed by atoms with Crippen LogP contribution in [-0.2, 0) is 29.4 Å². The van der Waals surface area contributed by atoms with E-state index >= 15 is 0 Å². The molecule has 1 amide bonds. The molecule has 6 nitrogen and oxygen atoms in total. The highest BCUT2D eigenvalue weighted by molar-refractivity contribution is 5.81. The fourth-order valence-electron chi connectivity index (χ4n) is 4.67. The minimum atomic E-state index is -4.39. The van der Waals surface area contributed by atoms with Crippen LogP contribution in [0.15, 0.2) is 29.1 Å². The number of aryl methyl sites for hydroxylation is 1. The minimum Gasteiger partial charge on any atom is -0.335 e. The fraction of sp³-hybridized carbons (Fsp3) is 0.571. The van der Waals surface area contributed by atoms with Gasteiger partial charge < -0.3 is 4.90 Å². The summed E-state index contributed by atoms with van der Waals surface area (Å²) in [4.78, 5) is 27.3. The number of aromatic nitrogens is 3. The van der Waals surface area contributed by atoms with Crippen molar-refractivity contribution >= 4 is 5.91 Å². The van der Waals surface area contributed by atoms with E-state index in [-0.39, 0.29) is 31.2 Å². The van der Waals surface area contributed by atoms with Crippen molar-refractivity contribution in [2.75, 3.05) is 13.1 Å². The number of halogens is 4. The molecule has 1 aliphatic carbocycles. The number of hydrogen-bond donors (Lipinski definition) is 0. The first-order valence-electron chi connectivity index (χ1n) is 10.5. The van der Waals surface area contributed by atoms with Crippen LogP contribution in [0.3, 0.4) is 0 Å². The smallest absolute Gasteiger partial charge is 0.335 e. The van der Waals surface area contributed by atoms with Crippen LogP contribution in [0, 0.1) is 0 Å². The van der Waals surface area contributed by atoms with Gasteiger partial charge in [0.25, 0.3) is 0 Å². The Morgan fingerprint density at radius 3 is 2.42 bits per heavy atom. The number of fused-ring (bicyclic) bond motifs is 1. The van der Waals surface area contributed by atoms with Crippen LogP contribution in [0.4, 0.5) is 17.6 Å². The van der Waals surface area contributed by atoms with Gasteiger partial charge >= 0.3 is 11.9 Å². The topological polar surface area (TPSA) is 60.1 Å². The van der Waals surface area contributed by atoms with Crippen molar-refractivity contribution in [2.45, 2.75) is 62.5 Å². The monoisotopic (exact) mass is 438 g/mol. The van der Waals surface area contributed by atoms with E-state index in [0.717, 1.165) is 30.5 Å². The Morgan fingerprint density at radius 1 is 1.16 bits per heavy atom. The zero-order valence-corrected chi connectivity index (χ0v) is 16.7. The summed E-state index contributed by atoms with van der Waals surface area (Å²) in [6, 6.07) is 4.41. The van der Waals surface area contributed by atoms with E-state index in [9.17, 15) is 27.2 Å². The number of alkyl halides is 4. The van der Waals surface area contributed by atoms with E-state index in [0.29, 0.717) is 25.1 Å². The maximum Gasteiger partial charge on any atom is 0.416 e. The maximum atomic E-state index is 13.2. The summed E-state index contributed by atoms with van der Waals surface area (Å²) in [7, 11) is 0. The largest absolute Gasteiger partial charge is 0.416 e. The average Bonchev–Trinajstić information content (AvgIpc) is 3.43. The fourth-order valence-corrected chi connectivity index (χ4v) is 4.67. The highest BCUT2D eigenvalue weighted by atomic mass is 19.4. The lowest BCUT2D eigenvalue weighted by molar-refractivity contribution is -0.142. The molecule has 10 heteroatoms. The standard InChI is InChI=1S/C21H22F4N4O2/c22-15-10-27(11-15)18(30)16-2-1-3-17-26-28(19(31)29(16)17)12-20(8-9-20)13-4-6-14(7-5-13)21(23,24)25/h4-7,15-16H,1-3,8-12H2/t16-/m0/s1. The predicted molar refractivity (Wildman–Crippen MR) is 102 cm³/mol. The first-order valence-corrected chi connectivity index (χ1v) is 10.5. The van der Waals surface area contributed by atoms with E-state index in [1.54, 1.807) is 0 Å². The highest BCUT2D eigenvalue weighted by Crippen LogP contribution is 2.49. The molecule has 1 atom stereocenters. The van der Waals surface area contributed by atoms with Gasteiger partial charge in [0.15, 0.2) is 0 Å². The molecule has 2 fully saturated rings. The summed E-state index contributed by atoms with van der Waals surface area (Å²) in [6.07, 6.45) is -2.11. The second-order valence-electron chi connectivity index (χ2n) is 8.83. The molecule has 31 heavy (non-hydrogen) atoms. The van der Waals surface area contributed by atoms with Crippen LogP contribution in [0.2, 0.25) is 0 Å². The molecular formula is C21H22F4N4O2. The van der Waals surface area contributed by atoms with Crippen molar-refractivity contribution < 1.29 is 22.4 Å². The Morgan fingerprint density at radius 2 is 1.84 bits per heavy atom. The third kappa shape index (κ3) is 3.45. The summed E-state index contributed by atoms with van der Waals surface area (Å²) in [6.45, 7) is 0.379. The number of amides is 1. The molecule has 0 spiro atoms. The third-order valence-electron chi connectivity index (χ3n) is 6.70. The SMILES string of the molecule is O=C([C@@H]1CCCc2nn(CC3(c4ccc(C(F)(F)F)cc4)CC3)c(=O)n21)N1CC(F)C1. The van der Waals surface area contributed by atoms with Gasteiger partial charge in [-0.1, -0.05) is 12.1 Å². The van der Waals surface area contributed by atoms with Crippen molar-refractivity contribution in [2.24, 2.45) is 0 Å². The molecule has 2 aromatic rings. The Hall–Kier alpha value is -2.65. The van der Waals surface area contributed by atoms with Crippen molar-refractivity contribution in [3.05, 3.63) is 51.7 Å². The number of carbonyl (C=O) groups is 1. The van der Waals surface area contributed by atoms with Gasteiger partial charge in [0.1, 0.15) is 18.0 Å². The van der Waals surface area contributed by atoms with E-state index in [1.165, 1.54) is 26.3 Å². The zero-order chi connectivity index (χ0) is 22.0. The number of hydrogen-bond acceptors (Lipinski definition) is 3. The van der Waals surface area contributed by atoms with E-state index < -0.39 is 29.4 Å². The highest BCUT2D eigenvalue weighted by Gasteiger charge is 2.46. The van der Waals surface area contributed by atoms with Gasteiger partial charge in [-0.3, -0.25) is 9.36 Å². The minimum absolute atomic E-state index is 0.0601. The number of rotatable bonds is 4. The zero-order valence-electron chi connectivity index (χ0n) is 16.7. The molecule has 0 N–H and O–H groups in total. The van der Waals surface area contributed by atoms with Gasteiger partial charge in [-0.25, -0.2) is 13.9 Å². The average molecular weight is 438 g/mol. The van der Waals surface area contributed by atoms with Gasteiger partial charge in [0.05, 0.1) is 25.2 Å². The predicted octanol–water partition coefficient (Wildman–Crippen LogP) is 2.85. The van der Waals surface area contributed by atoms with Gasteiger partial charge in [-0.05, 0) is 43.4 Å². The molecule has 3 heterocycles. The van der Waals surface area contributed by atoms with Crippen molar-refractivity contribution in [3.8, 4) is 0 Å². The second-order valence-corrected chi connectivity index (χ2v) is 8.83. The van der Waals surface area contributed by atoms with Crippen LogP contribution < -0.4 is 5.69 Å². The molecule has 0 radical (unpaired) electrons. The summed E-state index contributed by atoms with van der Waals surface area (Å²) in [5.74, 6) is 0.288. The second kappa shape index (κ2) is 6.93. The van der Waals surface area contributed by atoms with Gasteiger partial charge in [0, 0.05) is 11.8 Å². The normalized spacial score (nSPS) is 22.7. The number of likely N-dealkylation sites (tertiary alicyclic amines) is 1. The van der Waals surface area contributed by atoms with Gasteiger partial charge in [-0.2, -0.15) is 18.3 Å². The molecule has 1 saturated carbocycles. The molecule has 3 aliphatic rings. The van der Waals surface area contributed by atoms with Gasteiger partial charge in [-0.15, -0.1) is 0 Å². The molecule has 1 aromatic carbocycles. The van der Waals surface area contributed by atoms with Crippen LogP contribution in [-0.4, -0.2) is 44.4 Å². The number of benzene rings is 1. The van der Waals surface area contributed by atoms with Crippen LogP contribution >= 0.6 is 0 Å². The number of nitrogens with zero attached hydrogens (tertiary/aromatic N) is 4. The Balaban J connectivity index is 1.40. The number of carbonyl (C=O) groups excluding carboxylic acids is 1. The lowest BCUT2D eigenvalue weighted by atomic mass is 9.95. The van der Waals surface area contributed by atoms with Gasteiger partial charge in [0.2, 0.25) is 5.91 Å². The molecule has 166 valence electrons. The summed E-state index contributed by atoms with van der Waals surface area (Å²) in [5, 5.41) is 4.45. The molecular weight excluding hydrogens is 416 g/mol. The van der Waals surface area contributed by atoms with E-state index in [2.05, 4.69) is 5.10 Å². The molecule has 0 unspecified atom stereocenters. The van der Waals surface area contributed by atoms with Crippen molar-refractivity contribution in [1.82, 2.24) is 19.2 Å². The van der Waals surface area contributed by atoms with E-state index in [4.69, 9.17) is 0 Å². The Labute approximate surface area is 175 Å².